The van der Waals surface area contributed by atoms with Gasteiger partial charge in [-0.25, -0.2) is 8.88 Å². The highest BCUT2D eigenvalue weighted by atomic mass is 31.3. The average Bonchev–Trinajstić information content (AvgIpc) is 2.29. The van der Waals surface area contributed by atoms with E-state index in [0.29, 0.717) is 32.2 Å². The van der Waals surface area contributed by atoms with Gasteiger partial charge in [0, 0.05) is 6.61 Å². The van der Waals surface area contributed by atoms with Crippen LogP contribution in [0.25, 0.3) is 0 Å². The van der Waals surface area contributed by atoms with E-state index in [1.165, 1.54) is 0 Å². The number of aliphatic hydroxyl groups is 1. The number of aliphatic hydroxyl groups excluding tert-OH is 1. The fourth-order valence-electron chi connectivity index (χ4n) is 1.88. The van der Waals surface area contributed by atoms with Crippen molar-refractivity contribution in [2.45, 2.75) is 50.6 Å². The van der Waals surface area contributed by atoms with Gasteiger partial charge in [0.15, 0.2) is 0 Å². The van der Waals surface area contributed by atoms with Crippen LogP contribution in [0.15, 0.2) is 0 Å². The molecule has 20 heavy (non-hydrogen) atoms. The molecule has 0 saturated heterocycles. The van der Waals surface area contributed by atoms with Gasteiger partial charge in [-0.3, -0.25) is 4.57 Å². The van der Waals surface area contributed by atoms with Crippen LogP contribution in [0.4, 0.5) is 0 Å². The smallest absolute Gasteiger partial charge is 0.396 e. The summed E-state index contributed by atoms with van der Waals surface area (Å²) >= 11 is 0. The maximum atomic E-state index is 11.9. The van der Waals surface area contributed by atoms with E-state index in [0.717, 1.165) is 12.8 Å². The fourth-order valence-corrected chi connectivity index (χ4v) is 4.65. The molecule has 0 aromatic rings. The molecule has 10 heteroatoms. The lowest BCUT2D eigenvalue weighted by Gasteiger charge is -2.22. The molecule has 0 amide bonds. The van der Waals surface area contributed by atoms with Gasteiger partial charge in [-0.2, -0.15) is 0 Å². The number of hydrogen-bond donors (Lipinski definition) is 5. The first-order valence-electron chi connectivity index (χ1n) is 6.63. The predicted octanol–water partition coefficient (Wildman–Crippen LogP) is 1.33. The minimum Gasteiger partial charge on any atom is -0.396 e. The van der Waals surface area contributed by atoms with Crippen LogP contribution in [-0.2, 0) is 13.4 Å². The Morgan fingerprint density at radius 2 is 1.50 bits per heavy atom. The number of rotatable bonds is 12. The predicted molar refractivity (Wildman–Crippen MR) is 75.2 cm³/mol. The zero-order chi connectivity index (χ0) is 15.6. The molecule has 0 spiro atoms. The molecule has 2 unspecified atom stereocenters. The summed E-state index contributed by atoms with van der Waals surface area (Å²) in [5.41, 5.74) is 4.52. The largest absolute Gasteiger partial charge is 0.476 e. The van der Waals surface area contributed by atoms with Gasteiger partial charge >= 0.3 is 15.4 Å². The summed E-state index contributed by atoms with van der Waals surface area (Å²) in [6, 6.07) is 0. The number of nitrogens with two attached hydrogens (primary N) is 1. The second kappa shape index (κ2) is 10.0. The van der Waals surface area contributed by atoms with Gasteiger partial charge in [-0.05, 0) is 32.2 Å². The maximum absolute atomic E-state index is 11.9. The van der Waals surface area contributed by atoms with Crippen molar-refractivity contribution in [1.29, 1.82) is 0 Å². The van der Waals surface area contributed by atoms with Gasteiger partial charge in [0.2, 0.25) is 0 Å². The first-order chi connectivity index (χ1) is 9.23. The Balaban J connectivity index is 4.54. The second-order valence-corrected chi connectivity index (χ2v) is 8.14. The molecule has 0 radical (unpaired) electrons. The summed E-state index contributed by atoms with van der Waals surface area (Å²) in [6.45, 7) is 0.500. The molecule has 0 aromatic heterocycles. The summed E-state index contributed by atoms with van der Waals surface area (Å²) in [6.07, 6.45) is 3.77. The van der Waals surface area contributed by atoms with E-state index in [-0.39, 0.29) is 13.0 Å². The summed E-state index contributed by atoms with van der Waals surface area (Å²) in [4.78, 5) is 27.1. The van der Waals surface area contributed by atoms with E-state index in [1.54, 1.807) is 0 Å². The average molecular weight is 333 g/mol. The highest BCUT2D eigenvalue weighted by molar-refractivity contribution is 7.64. The van der Waals surface area contributed by atoms with Crippen molar-refractivity contribution in [3.8, 4) is 0 Å². The number of phosphoric acid groups is 1. The van der Waals surface area contributed by atoms with Gasteiger partial charge in [0.1, 0.15) is 0 Å². The van der Waals surface area contributed by atoms with Crippen molar-refractivity contribution in [1.82, 2.24) is 0 Å². The molecule has 2 atom stereocenters. The molecule has 0 fully saturated rings. The molecule has 0 aliphatic heterocycles. The molecule has 0 rings (SSSR count). The van der Waals surface area contributed by atoms with Gasteiger partial charge in [-0.15, -0.1) is 0 Å². The van der Waals surface area contributed by atoms with Crippen molar-refractivity contribution in [3.05, 3.63) is 0 Å². The Hall–Kier alpha value is 0.220. The Kier molecular flexibility index (Phi) is 10.1. The van der Waals surface area contributed by atoms with Crippen LogP contribution in [0, 0.1) is 0 Å². The molecular weight excluding hydrogens is 308 g/mol. The van der Waals surface area contributed by atoms with Crippen molar-refractivity contribution >= 4 is 15.4 Å². The lowest BCUT2D eigenvalue weighted by molar-refractivity contribution is 0.254. The summed E-state index contributed by atoms with van der Waals surface area (Å²) in [5.74, 6) is 0. The van der Waals surface area contributed by atoms with Crippen molar-refractivity contribution in [3.63, 3.8) is 0 Å². The van der Waals surface area contributed by atoms with Crippen LogP contribution in [0.1, 0.15) is 44.9 Å². The Morgan fingerprint density at radius 1 is 0.950 bits per heavy atom. The first kappa shape index (κ1) is 20.2. The third-order valence-corrected chi connectivity index (χ3v) is 6.10. The van der Waals surface area contributed by atoms with Crippen molar-refractivity contribution in [2.75, 3.05) is 13.2 Å². The summed E-state index contributed by atoms with van der Waals surface area (Å²) in [7, 11) is -9.40. The van der Waals surface area contributed by atoms with E-state index in [4.69, 9.17) is 20.6 Å². The summed E-state index contributed by atoms with van der Waals surface area (Å²) in [5, 5.41) is 8.71. The molecule has 0 aromatic carbocycles. The normalized spacial score (nSPS) is 16.9. The first-order valence-corrected chi connectivity index (χ1v) is 9.81. The zero-order valence-electron chi connectivity index (χ0n) is 11.4. The molecule has 122 valence electrons. The topological polar surface area (TPSA) is 150 Å². The highest BCUT2D eigenvalue weighted by Gasteiger charge is 2.37. The van der Waals surface area contributed by atoms with Gasteiger partial charge in [-0.1, -0.05) is 19.3 Å². The zero-order valence-corrected chi connectivity index (χ0v) is 13.2. The van der Waals surface area contributed by atoms with E-state index in [1.807, 2.05) is 0 Å². The van der Waals surface area contributed by atoms with Gasteiger partial charge in [0.05, 0.1) is 5.66 Å². The van der Waals surface area contributed by atoms with Crippen LogP contribution >= 0.6 is 15.4 Å². The van der Waals surface area contributed by atoms with Crippen LogP contribution in [0.5, 0.6) is 0 Å². The minimum absolute atomic E-state index is 0.0328. The van der Waals surface area contributed by atoms with E-state index >= 15 is 0 Å². The van der Waals surface area contributed by atoms with Gasteiger partial charge < -0.3 is 25.5 Å². The van der Waals surface area contributed by atoms with E-state index in [9.17, 15) is 14.0 Å². The third kappa shape index (κ3) is 10.0. The number of unbranched alkanes of at least 4 members (excludes halogenated alkanes) is 3. The molecule has 6 N–H and O–H groups in total. The monoisotopic (exact) mass is 333 g/mol. The Bertz CT molecular complexity index is 346. The molecule has 0 heterocycles. The van der Waals surface area contributed by atoms with Crippen LogP contribution in [0.3, 0.4) is 0 Å². The molecular formula is C10H25NO7P2. The highest BCUT2D eigenvalue weighted by Crippen LogP contribution is 2.61. The minimum atomic E-state index is -5.01. The Morgan fingerprint density at radius 3 is 1.95 bits per heavy atom. The van der Waals surface area contributed by atoms with Crippen LogP contribution in [0.2, 0.25) is 0 Å². The van der Waals surface area contributed by atoms with E-state index < -0.39 is 21.1 Å². The lowest BCUT2D eigenvalue weighted by Crippen LogP contribution is -2.11. The van der Waals surface area contributed by atoms with Crippen molar-refractivity contribution in [2.24, 2.45) is 5.73 Å². The molecule has 0 bridgehead atoms. The Labute approximate surface area is 119 Å². The fraction of sp³-hybridized carbons (Fsp3) is 1.00. The van der Waals surface area contributed by atoms with E-state index in [2.05, 4.69) is 4.31 Å². The van der Waals surface area contributed by atoms with Crippen LogP contribution in [-0.4, -0.2) is 38.6 Å². The molecule has 8 nitrogen and oxygen atoms in total. The molecule has 0 aliphatic carbocycles. The summed E-state index contributed by atoms with van der Waals surface area (Å²) < 4.78 is 26.7. The third-order valence-electron chi connectivity index (χ3n) is 2.87. The maximum Gasteiger partial charge on any atom is 0.476 e. The molecule has 0 aliphatic rings. The lowest BCUT2D eigenvalue weighted by atomic mass is 10.1. The molecule has 0 saturated carbocycles. The van der Waals surface area contributed by atoms with Crippen molar-refractivity contribution < 1.29 is 33.2 Å². The number of hydrogen-bond acceptors (Lipinski definition) is 5. The quantitative estimate of drug-likeness (QED) is 0.265. The van der Waals surface area contributed by atoms with Gasteiger partial charge in [0.25, 0.3) is 0 Å². The standard InChI is InChI=1S/C10H25NO7P2/c11-8-4-1-2-6-10(7-3-5-9-12)19(13,14)18-20(15,16)17/h10,12H,1-9,11H2,(H,13,14)(H2,15,16,17). The SMILES string of the molecule is NCCCCCC(CCCCO)P(=O)(O)OP(=O)(O)O. The second-order valence-electron chi connectivity index (χ2n) is 4.65. The van der Waals surface area contributed by atoms with Crippen LogP contribution < -0.4 is 5.73 Å².